The van der Waals surface area contributed by atoms with E-state index in [1.807, 2.05) is 29.2 Å². The lowest BCUT2D eigenvalue weighted by atomic mass is 10.1. The van der Waals surface area contributed by atoms with Gasteiger partial charge in [-0.2, -0.15) is 4.37 Å². The van der Waals surface area contributed by atoms with Crippen LogP contribution in [0.25, 0.3) is 11.0 Å². The third-order valence-corrected chi connectivity index (χ3v) is 5.99. The van der Waals surface area contributed by atoms with Crippen molar-refractivity contribution >= 4 is 50.9 Å². The molecule has 4 aromatic rings. The minimum Gasteiger partial charge on any atom is -0.336 e. The summed E-state index contributed by atoms with van der Waals surface area (Å²) in [7, 11) is 0. The first kappa shape index (κ1) is 21.0. The highest BCUT2D eigenvalue weighted by Gasteiger charge is 2.19. The maximum absolute atomic E-state index is 13.0. The summed E-state index contributed by atoms with van der Waals surface area (Å²) in [5.41, 5.74) is 3.02. The van der Waals surface area contributed by atoms with Crippen LogP contribution in [0.3, 0.4) is 0 Å². The van der Waals surface area contributed by atoms with Gasteiger partial charge in [0.25, 0.3) is 11.8 Å². The maximum Gasteiger partial charge on any atom is 0.260 e. The molecule has 2 amide bonds. The zero-order chi connectivity index (χ0) is 22.6. The standard InChI is InChI=1S/C23H21N7O2S/c31-21(27-16-5-3-4-15(12-16)23(32)30-10-8-24-9-11-30)17-13-26-33-22(17)29-20-14-25-18-6-1-2-7-19(18)28-20/h1-7,12-14,24H,8-11H2,(H,27,31)(H,28,29). The fraction of sp³-hybridized carbons (Fsp3) is 0.174. The molecule has 0 unspecified atom stereocenters. The van der Waals surface area contributed by atoms with Crippen LogP contribution in [-0.4, -0.2) is 57.2 Å². The molecule has 0 bridgehead atoms. The van der Waals surface area contributed by atoms with Gasteiger partial charge in [0, 0.05) is 37.4 Å². The quantitative estimate of drug-likeness (QED) is 0.420. The van der Waals surface area contributed by atoms with Crippen molar-refractivity contribution in [3.63, 3.8) is 0 Å². The van der Waals surface area contributed by atoms with Gasteiger partial charge in [0.05, 0.1) is 29.0 Å². The number of aromatic nitrogens is 3. The molecule has 0 spiro atoms. The van der Waals surface area contributed by atoms with Crippen LogP contribution in [-0.2, 0) is 0 Å². The van der Waals surface area contributed by atoms with Gasteiger partial charge in [-0.25, -0.2) is 4.98 Å². The molecule has 3 N–H and O–H groups in total. The molecule has 0 radical (unpaired) electrons. The van der Waals surface area contributed by atoms with Crippen molar-refractivity contribution in [1.82, 2.24) is 24.6 Å². The first-order chi connectivity index (χ1) is 16.2. The van der Waals surface area contributed by atoms with Gasteiger partial charge in [0.15, 0.2) is 0 Å². The summed E-state index contributed by atoms with van der Waals surface area (Å²) < 4.78 is 4.15. The molecule has 10 heteroatoms. The number of carbonyl (C=O) groups is 2. The number of nitrogens with zero attached hydrogens (tertiary/aromatic N) is 4. The van der Waals surface area contributed by atoms with Crippen molar-refractivity contribution in [3.8, 4) is 0 Å². The number of benzene rings is 2. The second-order valence-electron chi connectivity index (χ2n) is 7.51. The van der Waals surface area contributed by atoms with Gasteiger partial charge in [-0.1, -0.05) is 18.2 Å². The molecule has 1 fully saturated rings. The van der Waals surface area contributed by atoms with Gasteiger partial charge < -0.3 is 20.9 Å². The smallest absolute Gasteiger partial charge is 0.260 e. The number of hydrogen-bond acceptors (Lipinski definition) is 8. The fourth-order valence-corrected chi connectivity index (χ4v) is 4.26. The van der Waals surface area contributed by atoms with E-state index >= 15 is 0 Å². The average molecular weight is 460 g/mol. The number of anilines is 3. The van der Waals surface area contributed by atoms with E-state index in [2.05, 4.69) is 30.3 Å². The molecule has 0 atom stereocenters. The molecule has 166 valence electrons. The van der Waals surface area contributed by atoms with Crippen LogP contribution in [0.5, 0.6) is 0 Å². The number of piperazine rings is 1. The molecule has 33 heavy (non-hydrogen) atoms. The molecular weight excluding hydrogens is 438 g/mol. The van der Waals surface area contributed by atoms with Gasteiger partial charge in [-0.15, -0.1) is 0 Å². The highest BCUT2D eigenvalue weighted by molar-refractivity contribution is 7.10. The summed E-state index contributed by atoms with van der Waals surface area (Å²) in [6.45, 7) is 2.90. The molecule has 1 saturated heterocycles. The van der Waals surface area contributed by atoms with Crippen LogP contribution in [0.1, 0.15) is 20.7 Å². The van der Waals surface area contributed by atoms with Gasteiger partial charge in [-0.3, -0.25) is 14.6 Å². The molecule has 1 aliphatic rings. The van der Waals surface area contributed by atoms with E-state index in [4.69, 9.17) is 0 Å². The van der Waals surface area contributed by atoms with Crippen molar-refractivity contribution in [2.45, 2.75) is 0 Å². The predicted molar refractivity (Wildman–Crippen MR) is 128 cm³/mol. The van der Waals surface area contributed by atoms with E-state index in [9.17, 15) is 9.59 Å². The fourth-order valence-electron chi connectivity index (χ4n) is 3.60. The zero-order valence-electron chi connectivity index (χ0n) is 17.6. The topological polar surface area (TPSA) is 112 Å². The monoisotopic (exact) mass is 459 g/mol. The number of fused-ring (bicyclic) bond motifs is 1. The molecule has 1 aliphatic heterocycles. The second-order valence-corrected chi connectivity index (χ2v) is 8.32. The summed E-state index contributed by atoms with van der Waals surface area (Å²) in [6, 6.07) is 14.5. The van der Waals surface area contributed by atoms with Gasteiger partial charge in [0.2, 0.25) is 0 Å². The second kappa shape index (κ2) is 9.31. The minimum atomic E-state index is -0.327. The first-order valence-electron chi connectivity index (χ1n) is 10.5. The number of rotatable bonds is 5. The highest BCUT2D eigenvalue weighted by atomic mass is 32.1. The lowest BCUT2D eigenvalue weighted by molar-refractivity contribution is 0.0735. The molecule has 2 aromatic carbocycles. The number of para-hydroxylation sites is 2. The summed E-state index contributed by atoms with van der Waals surface area (Å²) >= 11 is 1.16. The van der Waals surface area contributed by atoms with Gasteiger partial charge in [-0.05, 0) is 41.9 Å². The molecule has 0 saturated carbocycles. The molecule has 3 heterocycles. The van der Waals surface area contributed by atoms with Crippen LogP contribution in [0.2, 0.25) is 0 Å². The Morgan fingerprint density at radius 2 is 1.82 bits per heavy atom. The van der Waals surface area contributed by atoms with Gasteiger partial charge in [0.1, 0.15) is 10.8 Å². The Morgan fingerprint density at radius 3 is 2.67 bits per heavy atom. The Morgan fingerprint density at radius 1 is 1.00 bits per heavy atom. The number of carbonyl (C=O) groups excluding carboxylic acids is 2. The average Bonchev–Trinajstić information content (AvgIpc) is 3.32. The SMILES string of the molecule is O=C(Nc1cccc(C(=O)N2CCNCC2)c1)c1cnsc1Nc1cnc2ccccc2n1. The Balaban J connectivity index is 1.31. The summed E-state index contributed by atoms with van der Waals surface area (Å²) in [5, 5.41) is 9.80. The van der Waals surface area contributed by atoms with E-state index in [0.29, 0.717) is 40.7 Å². The lowest BCUT2D eigenvalue weighted by Gasteiger charge is -2.27. The van der Waals surface area contributed by atoms with Crippen LogP contribution >= 0.6 is 11.5 Å². The van der Waals surface area contributed by atoms with Crippen molar-refractivity contribution in [2.75, 3.05) is 36.8 Å². The first-order valence-corrected chi connectivity index (χ1v) is 11.3. The number of amides is 2. The van der Waals surface area contributed by atoms with E-state index < -0.39 is 0 Å². The van der Waals surface area contributed by atoms with Crippen molar-refractivity contribution in [2.24, 2.45) is 0 Å². The maximum atomic E-state index is 13.0. The predicted octanol–water partition coefficient (Wildman–Crippen LogP) is 3.13. The lowest BCUT2D eigenvalue weighted by Crippen LogP contribution is -2.46. The third-order valence-electron chi connectivity index (χ3n) is 5.28. The Bertz CT molecular complexity index is 1320. The van der Waals surface area contributed by atoms with E-state index in [0.717, 1.165) is 35.7 Å². The van der Waals surface area contributed by atoms with Gasteiger partial charge >= 0.3 is 0 Å². The Hall–Kier alpha value is -3.89. The van der Waals surface area contributed by atoms with Crippen LogP contribution < -0.4 is 16.0 Å². The summed E-state index contributed by atoms with van der Waals surface area (Å²) in [5.74, 6) is 0.157. The number of hydrogen-bond donors (Lipinski definition) is 3. The Kier molecular flexibility index (Phi) is 5.92. The van der Waals surface area contributed by atoms with Crippen molar-refractivity contribution in [3.05, 3.63) is 72.1 Å². The van der Waals surface area contributed by atoms with E-state index in [1.54, 1.807) is 30.5 Å². The van der Waals surface area contributed by atoms with Crippen molar-refractivity contribution < 1.29 is 9.59 Å². The summed E-state index contributed by atoms with van der Waals surface area (Å²) in [6.07, 6.45) is 3.13. The normalized spacial score (nSPS) is 13.6. The third kappa shape index (κ3) is 4.66. The zero-order valence-corrected chi connectivity index (χ0v) is 18.4. The van der Waals surface area contributed by atoms with Crippen molar-refractivity contribution in [1.29, 1.82) is 0 Å². The number of nitrogens with one attached hydrogen (secondary N) is 3. The molecule has 5 rings (SSSR count). The van der Waals surface area contributed by atoms with E-state index in [1.165, 1.54) is 6.20 Å². The molecule has 2 aromatic heterocycles. The minimum absolute atomic E-state index is 0.0398. The molecule has 0 aliphatic carbocycles. The van der Waals surface area contributed by atoms with Crippen LogP contribution in [0, 0.1) is 0 Å². The van der Waals surface area contributed by atoms with Crippen LogP contribution in [0.4, 0.5) is 16.5 Å². The molecular formula is C23H21N7O2S. The largest absolute Gasteiger partial charge is 0.336 e. The molecule has 9 nitrogen and oxygen atoms in total. The highest BCUT2D eigenvalue weighted by Crippen LogP contribution is 2.26. The van der Waals surface area contributed by atoms with E-state index in [-0.39, 0.29) is 11.8 Å². The van der Waals surface area contributed by atoms with Crippen LogP contribution in [0.15, 0.2) is 60.9 Å². The summed E-state index contributed by atoms with van der Waals surface area (Å²) in [4.78, 5) is 36.5. The Labute approximate surface area is 194 Å².